The Morgan fingerprint density at radius 2 is 1.61 bits per heavy atom. The largest absolute Gasteiger partial charge is 0.469 e. The van der Waals surface area contributed by atoms with E-state index in [0.29, 0.717) is 5.57 Å². The number of esters is 4. The third-order valence-corrected chi connectivity index (χ3v) is 12.8. The van der Waals surface area contributed by atoms with Crippen LogP contribution in [0.2, 0.25) is 0 Å². The summed E-state index contributed by atoms with van der Waals surface area (Å²) in [6, 6.07) is 0. The lowest BCUT2D eigenvalue weighted by Gasteiger charge is -2.54. The standard InChI is InChI=1S/C47H72O17/c1-10-11-12-13-14-15-39(51)62-43-31(22-41(53)58-9)21-34-25-37(28(2)48)61-42(54)24-32(50)23-35-26-38(59-29(3)49)45(6,7)46(55,63-35)27-36-19-30(20-40(52)57-8)18-33(60-36)16-17-44(4,5)47(43,56)64-34/h12-17,20,28-29,31-38,43,48-50,55-56H,10-11,18-19,21-27H2,1-9H3/t28-,29+,31?,32-,33+,34+,35-,36+,37-,38+,43+,46+,47-/m1/s1. The number of ether oxygens (including phenoxy) is 8. The second kappa shape index (κ2) is 22.8. The summed E-state index contributed by atoms with van der Waals surface area (Å²) < 4.78 is 47.2. The summed E-state index contributed by atoms with van der Waals surface area (Å²) in [7, 11) is 2.46. The van der Waals surface area contributed by atoms with Crippen molar-refractivity contribution in [1.29, 1.82) is 0 Å². The van der Waals surface area contributed by atoms with Gasteiger partial charge in [-0.15, -0.1) is 0 Å². The first-order valence-electron chi connectivity index (χ1n) is 22.4. The molecule has 4 heterocycles. The van der Waals surface area contributed by atoms with Crippen molar-refractivity contribution in [2.45, 2.75) is 192 Å². The molecule has 0 aromatic carbocycles. The zero-order chi connectivity index (χ0) is 47.6. The zero-order valence-corrected chi connectivity index (χ0v) is 38.8. The van der Waals surface area contributed by atoms with Gasteiger partial charge in [0.15, 0.2) is 18.2 Å². The molecule has 0 aromatic heterocycles. The summed E-state index contributed by atoms with van der Waals surface area (Å²) in [5, 5.41) is 58.0. The molecule has 17 nitrogen and oxygen atoms in total. The van der Waals surface area contributed by atoms with E-state index in [4.69, 9.17) is 37.9 Å². The molecular formula is C47H72O17. The molecule has 4 aliphatic rings. The predicted octanol–water partition coefficient (Wildman–Crippen LogP) is 4.15. The van der Waals surface area contributed by atoms with E-state index < -0.39 is 120 Å². The average Bonchev–Trinajstić information content (AvgIpc) is 3.19. The maximum atomic E-state index is 13.5. The van der Waals surface area contributed by atoms with Crippen LogP contribution in [0.3, 0.4) is 0 Å². The fraction of sp³-hybridized carbons (Fsp3) is 0.745. The molecule has 0 spiro atoms. The lowest BCUT2D eigenvalue weighted by Crippen LogP contribution is -2.64. The summed E-state index contributed by atoms with van der Waals surface area (Å²) in [4.78, 5) is 52.5. The maximum absolute atomic E-state index is 13.5. The molecule has 17 heteroatoms. The van der Waals surface area contributed by atoms with Crippen molar-refractivity contribution in [2.24, 2.45) is 16.7 Å². The Morgan fingerprint density at radius 3 is 2.25 bits per heavy atom. The lowest BCUT2D eigenvalue weighted by molar-refractivity contribution is -0.361. The van der Waals surface area contributed by atoms with Crippen molar-refractivity contribution < 1.29 is 82.6 Å². The summed E-state index contributed by atoms with van der Waals surface area (Å²) in [5.41, 5.74) is -2.02. The number of rotatable bonds is 11. The monoisotopic (exact) mass is 908 g/mol. The minimum atomic E-state index is -2.39. The Kier molecular flexibility index (Phi) is 18.9. The number of hydrogen-bond donors (Lipinski definition) is 5. The van der Waals surface area contributed by atoms with Crippen LogP contribution < -0.4 is 0 Å². The van der Waals surface area contributed by atoms with Crippen LogP contribution in [-0.2, 0) is 57.1 Å². The van der Waals surface area contributed by atoms with Gasteiger partial charge in [-0.25, -0.2) is 9.59 Å². The number of carbonyl (C=O) groups is 4. The van der Waals surface area contributed by atoms with E-state index in [1.54, 1.807) is 45.9 Å². The number of allylic oxidation sites excluding steroid dienone is 3. The molecule has 64 heavy (non-hydrogen) atoms. The van der Waals surface area contributed by atoms with Gasteiger partial charge >= 0.3 is 23.9 Å². The van der Waals surface area contributed by atoms with Crippen molar-refractivity contribution in [2.75, 3.05) is 14.2 Å². The van der Waals surface area contributed by atoms with E-state index in [-0.39, 0.29) is 51.4 Å². The highest BCUT2D eigenvalue weighted by molar-refractivity contribution is 5.83. The van der Waals surface area contributed by atoms with Gasteiger partial charge in [-0.3, -0.25) is 9.59 Å². The minimum Gasteiger partial charge on any atom is -0.469 e. The van der Waals surface area contributed by atoms with Gasteiger partial charge in [-0.1, -0.05) is 77.0 Å². The number of carbonyl (C=O) groups excluding carboxylic acids is 4. The van der Waals surface area contributed by atoms with Gasteiger partial charge in [-0.2, -0.15) is 0 Å². The van der Waals surface area contributed by atoms with Crippen LogP contribution >= 0.6 is 0 Å². The topological polar surface area (TPSA) is 243 Å². The van der Waals surface area contributed by atoms with Crippen molar-refractivity contribution >= 4 is 23.9 Å². The van der Waals surface area contributed by atoms with Crippen molar-refractivity contribution in [3.63, 3.8) is 0 Å². The SMILES string of the molecule is CCCC=CC=CC(=O)O[C@H]1C(CC(=O)OC)C[C@H]2C[C@H]([C@@H](C)O)OC(=O)C[C@H](O)C[C@@H]3C[C@H](O[C@@H](C)O)C(C)(C)[C@](O)(C[C@@H]4CC(=CC(=O)OC)C[C@H](C=CC(C)(C)[C@]1(O)O2)O4)O3. The maximum Gasteiger partial charge on any atom is 0.331 e. The molecule has 4 rings (SSSR count). The van der Waals surface area contributed by atoms with Gasteiger partial charge in [0.25, 0.3) is 0 Å². The predicted molar refractivity (Wildman–Crippen MR) is 229 cm³/mol. The number of fused-ring (bicyclic) bond motifs is 6. The molecular weight excluding hydrogens is 836 g/mol. The zero-order valence-electron chi connectivity index (χ0n) is 38.8. The van der Waals surface area contributed by atoms with E-state index in [9.17, 15) is 44.7 Å². The van der Waals surface area contributed by atoms with E-state index >= 15 is 0 Å². The van der Waals surface area contributed by atoms with Crippen LogP contribution in [0.4, 0.5) is 0 Å². The fourth-order valence-electron chi connectivity index (χ4n) is 9.03. The molecule has 362 valence electrons. The van der Waals surface area contributed by atoms with Gasteiger partial charge in [0, 0.05) is 54.6 Å². The second-order valence-corrected chi connectivity index (χ2v) is 18.8. The number of methoxy groups -OCH3 is 2. The van der Waals surface area contributed by atoms with E-state index in [1.807, 2.05) is 13.0 Å². The molecule has 0 radical (unpaired) electrons. The molecule has 0 aromatic rings. The molecule has 5 N–H and O–H groups in total. The number of cyclic esters (lactones) is 1. The minimum absolute atomic E-state index is 0.00172. The van der Waals surface area contributed by atoms with Gasteiger partial charge in [-0.05, 0) is 39.5 Å². The number of aliphatic hydroxyl groups is 5. The third kappa shape index (κ3) is 13.8. The number of hydrogen-bond acceptors (Lipinski definition) is 17. The highest BCUT2D eigenvalue weighted by atomic mass is 16.7. The van der Waals surface area contributed by atoms with Crippen molar-refractivity contribution in [1.82, 2.24) is 0 Å². The first-order valence-corrected chi connectivity index (χ1v) is 22.4. The number of unbranched alkanes of at least 4 members (excludes halogenated alkanes) is 1. The Morgan fingerprint density at radius 1 is 0.906 bits per heavy atom. The molecule has 4 aliphatic heterocycles. The van der Waals surface area contributed by atoms with Gasteiger partial charge in [0.05, 0.1) is 69.8 Å². The Balaban J connectivity index is 1.87. The Bertz CT molecular complexity index is 1720. The van der Waals surface area contributed by atoms with Gasteiger partial charge < -0.3 is 63.4 Å². The molecule has 0 amide bonds. The molecule has 1 unspecified atom stereocenters. The quantitative estimate of drug-likeness (QED) is 0.0488. The Labute approximate surface area is 376 Å². The molecule has 13 atom stereocenters. The second-order valence-electron chi connectivity index (χ2n) is 18.8. The summed E-state index contributed by atoms with van der Waals surface area (Å²) in [6.45, 7) is 11.6. The van der Waals surface area contributed by atoms with Crippen LogP contribution in [0, 0.1) is 16.7 Å². The highest BCUT2D eigenvalue weighted by Crippen LogP contribution is 2.50. The summed E-state index contributed by atoms with van der Waals surface area (Å²) in [6.07, 6.45) is 1.07. The Hall–Kier alpha value is -3.52. The average molecular weight is 909 g/mol. The first-order chi connectivity index (χ1) is 29.9. The molecule has 0 aliphatic carbocycles. The summed E-state index contributed by atoms with van der Waals surface area (Å²) >= 11 is 0. The van der Waals surface area contributed by atoms with Crippen LogP contribution in [0.1, 0.15) is 119 Å². The molecule has 3 saturated heterocycles. The number of aliphatic hydroxyl groups excluding tert-OH is 3. The normalized spacial score (nSPS) is 36.4. The van der Waals surface area contributed by atoms with Crippen LogP contribution in [0.15, 0.2) is 48.1 Å². The fourth-order valence-corrected chi connectivity index (χ4v) is 9.03. The lowest BCUT2D eigenvalue weighted by atomic mass is 9.70. The highest BCUT2D eigenvalue weighted by Gasteiger charge is 2.60. The molecule has 3 fully saturated rings. The van der Waals surface area contributed by atoms with Crippen molar-refractivity contribution in [3.8, 4) is 0 Å². The third-order valence-electron chi connectivity index (χ3n) is 12.8. The van der Waals surface area contributed by atoms with E-state index in [0.717, 1.165) is 12.8 Å². The van der Waals surface area contributed by atoms with E-state index in [2.05, 4.69) is 0 Å². The smallest absolute Gasteiger partial charge is 0.331 e. The van der Waals surface area contributed by atoms with Gasteiger partial charge in [0.2, 0.25) is 5.79 Å². The summed E-state index contributed by atoms with van der Waals surface area (Å²) in [5.74, 6) is -8.24. The first kappa shape index (κ1) is 53.1. The molecule has 6 bridgehead atoms. The van der Waals surface area contributed by atoms with E-state index in [1.165, 1.54) is 46.3 Å². The van der Waals surface area contributed by atoms with Crippen molar-refractivity contribution in [3.05, 3.63) is 48.1 Å². The molecule has 0 saturated carbocycles. The van der Waals surface area contributed by atoms with Crippen LogP contribution in [0.5, 0.6) is 0 Å². The van der Waals surface area contributed by atoms with Gasteiger partial charge in [0.1, 0.15) is 6.10 Å². The van der Waals surface area contributed by atoms with Crippen LogP contribution in [-0.4, -0.2) is 136 Å². The van der Waals surface area contributed by atoms with Crippen LogP contribution in [0.25, 0.3) is 0 Å².